The molecule has 1 heterocycles. The second kappa shape index (κ2) is 5.62. The van der Waals surface area contributed by atoms with Gasteiger partial charge in [-0.2, -0.15) is 5.26 Å². The molecule has 0 saturated carbocycles. The Morgan fingerprint density at radius 3 is 2.94 bits per heavy atom. The third-order valence-corrected chi connectivity index (χ3v) is 3.27. The fraction of sp³-hybridized carbons (Fsp3) is 0.615. The predicted octanol–water partition coefficient (Wildman–Crippen LogP) is 2.10. The van der Waals surface area contributed by atoms with Crippen molar-refractivity contribution >= 4 is 5.82 Å². The zero-order valence-corrected chi connectivity index (χ0v) is 10.3. The van der Waals surface area contributed by atoms with Gasteiger partial charge < -0.3 is 4.90 Å². The van der Waals surface area contributed by atoms with Gasteiger partial charge in [0.2, 0.25) is 0 Å². The number of rotatable bonds is 3. The maximum absolute atomic E-state index is 8.64. The molecule has 0 unspecified atom stereocenters. The summed E-state index contributed by atoms with van der Waals surface area (Å²) in [5.74, 6) is 1.02. The van der Waals surface area contributed by atoms with Crippen molar-refractivity contribution in [2.75, 3.05) is 18.5 Å². The first kappa shape index (κ1) is 11.8. The number of nitriles is 1. The third kappa shape index (κ3) is 2.73. The van der Waals surface area contributed by atoms with E-state index in [2.05, 4.69) is 20.9 Å². The van der Waals surface area contributed by atoms with Crippen molar-refractivity contribution in [1.82, 2.24) is 9.97 Å². The van der Waals surface area contributed by atoms with Gasteiger partial charge in [-0.05, 0) is 25.7 Å². The molecule has 2 rings (SSSR count). The fourth-order valence-electron chi connectivity index (χ4n) is 2.33. The minimum atomic E-state index is 0.537. The molecular weight excluding hydrogens is 212 g/mol. The van der Waals surface area contributed by atoms with Crippen molar-refractivity contribution < 1.29 is 0 Å². The Labute approximate surface area is 102 Å². The van der Waals surface area contributed by atoms with Gasteiger partial charge in [-0.15, -0.1) is 0 Å². The Morgan fingerprint density at radius 2 is 2.12 bits per heavy atom. The van der Waals surface area contributed by atoms with Crippen molar-refractivity contribution in [1.29, 1.82) is 5.26 Å². The van der Waals surface area contributed by atoms with Crippen LogP contribution in [0.5, 0.6) is 0 Å². The lowest BCUT2D eigenvalue weighted by Crippen LogP contribution is -2.22. The predicted molar refractivity (Wildman–Crippen MR) is 66.8 cm³/mol. The number of aryl methyl sites for hydroxylation is 1. The third-order valence-electron chi connectivity index (χ3n) is 3.27. The van der Waals surface area contributed by atoms with Crippen molar-refractivity contribution in [2.24, 2.45) is 0 Å². The Morgan fingerprint density at radius 1 is 1.29 bits per heavy atom. The molecule has 17 heavy (non-hydrogen) atoms. The summed E-state index contributed by atoms with van der Waals surface area (Å²) in [5, 5.41) is 8.64. The molecule has 0 bridgehead atoms. The van der Waals surface area contributed by atoms with Crippen molar-refractivity contribution in [3.63, 3.8) is 0 Å². The van der Waals surface area contributed by atoms with Crippen LogP contribution in [0.25, 0.3) is 0 Å². The maximum atomic E-state index is 8.64. The van der Waals surface area contributed by atoms with E-state index in [9.17, 15) is 0 Å². The Kier molecular flexibility index (Phi) is 3.92. The highest BCUT2D eigenvalue weighted by Gasteiger charge is 2.16. The average Bonchev–Trinajstić information content (AvgIpc) is 2.60. The minimum absolute atomic E-state index is 0.537. The van der Waals surface area contributed by atoms with Crippen LogP contribution in [-0.2, 0) is 12.8 Å². The van der Waals surface area contributed by atoms with Crippen LogP contribution < -0.4 is 4.90 Å². The zero-order valence-electron chi connectivity index (χ0n) is 10.3. The maximum Gasteiger partial charge on any atom is 0.135 e. The molecule has 0 fully saturated rings. The Hall–Kier alpha value is -1.63. The molecule has 0 N–H and O–H groups in total. The SMILES string of the molecule is CN(CCC#N)c1ncnc2c1CCCCC2. The van der Waals surface area contributed by atoms with Crippen molar-refractivity contribution in [2.45, 2.75) is 38.5 Å². The molecule has 0 aromatic carbocycles. The topological polar surface area (TPSA) is 52.8 Å². The number of nitrogens with zero attached hydrogens (tertiary/aromatic N) is 4. The average molecular weight is 230 g/mol. The van der Waals surface area contributed by atoms with Crippen LogP contribution in [0.2, 0.25) is 0 Å². The summed E-state index contributed by atoms with van der Waals surface area (Å²) in [7, 11) is 2.00. The van der Waals surface area contributed by atoms with E-state index in [-0.39, 0.29) is 0 Å². The molecule has 1 aromatic heterocycles. The molecular formula is C13H18N4. The lowest BCUT2D eigenvalue weighted by atomic mass is 10.1. The lowest BCUT2D eigenvalue weighted by Gasteiger charge is -2.20. The molecule has 0 saturated heterocycles. The molecule has 4 nitrogen and oxygen atoms in total. The van der Waals surface area contributed by atoms with Gasteiger partial charge >= 0.3 is 0 Å². The molecule has 1 aliphatic rings. The summed E-state index contributed by atoms with van der Waals surface area (Å²) in [6.07, 6.45) is 8.06. The van der Waals surface area contributed by atoms with E-state index in [0.29, 0.717) is 6.42 Å². The van der Waals surface area contributed by atoms with E-state index in [0.717, 1.165) is 25.2 Å². The summed E-state index contributed by atoms with van der Waals surface area (Å²) < 4.78 is 0. The molecule has 4 heteroatoms. The smallest absolute Gasteiger partial charge is 0.135 e. The minimum Gasteiger partial charge on any atom is -0.358 e. The van der Waals surface area contributed by atoms with E-state index in [1.165, 1.54) is 30.5 Å². The number of hydrogen-bond donors (Lipinski definition) is 0. The summed E-state index contributed by atoms with van der Waals surface area (Å²) in [5.41, 5.74) is 2.50. The molecule has 0 amide bonds. The first-order valence-corrected chi connectivity index (χ1v) is 6.23. The Bertz CT molecular complexity index is 422. The monoisotopic (exact) mass is 230 g/mol. The van der Waals surface area contributed by atoms with Gasteiger partial charge in [-0.1, -0.05) is 6.42 Å². The lowest BCUT2D eigenvalue weighted by molar-refractivity contribution is 0.708. The van der Waals surface area contributed by atoms with Gasteiger partial charge in [0.25, 0.3) is 0 Å². The number of hydrogen-bond acceptors (Lipinski definition) is 4. The highest BCUT2D eigenvalue weighted by atomic mass is 15.2. The largest absolute Gasteiger partial charge is 0.358 e. The highest BCUT2D eigenvalue weighted by Crippen LogP contribution is 2.25. The van der Waals surface area contributed by atoms with Crippen LogP contribution in [0.4, 0.5) is 5.82 Å². The summed E-state index contributed by atoms with van der Waals surface area (Å²) in [4.78, 5) is 10.9. The quantitative estimate of drug-likeness (QED) is 0.746. The molecule has 0 aliphatic heterocycles. The van der Waals surface area contributed by atoms with E-state index in [1.54, 1.807) is 6.33 Å². The molecule has 0 radical (unpaired) electrons. The molecule has 0 spiro atoms. The molecule has 0 atom stereocenters. The van der Waals surface area contributed by atoms with Gasteiger partial charge in [-0.3, -0.25) is 0 Å². The van der Waals surface area contributed by atoms with Crippen LogP contribution in [0.3, 0.4) is 0 Å². The number of fused-ring (bicyclic) bond motifs is 1. The van der Waals surface area contributed by atoms with Crippen LogP contribution in [-0.4, -0.2) is 23.6 Å². The van der Waals surface area contributed by atoms with Gasteiger partial charge in [0.15, 0.2) is 0 Å². The van der Waals surface area contributed by atoms with Crippen molar-refractivity contribution in [3.8, 4) is 6.07 Å². The number of anilines is 1. The van der Waals surface area contributed by atoms with E-state index >= 15 is 0 Å². The second-order valence-electron chi connectivity index (χ2n) is 4.51. The van der Waals surface area contributed by atoms with Crippen LogP contribution in [0, 0.1) is 11.3 Å². The second-order valence-corrected chi connectivity index (χ2v) is 4.51. The van der Waals surface area contributed by atoms with Gasteiger partial charge in [0, 0.05) is 24.8 Å². The summed E-state index contributed by atoms with van der Waals surface area (Å²) in [6, 6.07) is 2.18. The van der Waals surface area contributed by atoms with Crippen LogP contribution in [0.1, 0.15) is 36.9 Å². The van der Waals surface area contributed by atoms with Gasteiger partial charge in [0.05, 0.1) is 12.5 Å². The van der Waals surface area contributed by atoms with E-state index < -0.39 is 0 Å². The van der Waals surface area contributed by atoms with E-state index in [4.69, 9.17) is 5.26 Å². The zero-order chi connectivity index (χ0) is 12.1. The van der Waals surface area contributed by atoms with Gasteiger partial charge in [0.1, 0.15) is 12.1 Å². The van der Waals surface area contributed by atoms with Crippen molar-refractivity contribution in [3.05, 3.63) is 17.6 Å². The highest BCUT2D eigenvalue weighted by molar-refractivity contribution is 5.48. The fourth-order valence-corrected chi connectivity index (χ4v) is 2.33. The molecule has 1 aliphatic carbocycles. The summed E-state index contributed by atoms with van der Waals surface area (Å²) >= 11 is 0. The normalized spacial score (nSPS) is 14.6. The molecule has 90 valence electrons. The van der Waals surface area contributed by atoms with E-state index in [1.807, 2.05) is 7.05 Å². The first-order valence-electron chi connectivity index (χ1n) is 6.23. The van der Waals surface area contributed by atoms with Crippen LogP contribution in [0.15, 0.2) is 6.33 Å². The molecule has 1 aromatic rings. The number of aromatic nitrogens is 2. The Balaban J connectivity index is 2.25. The standard InChI is InChI=1S/C13H18N4/c1-17(9-5-8-14)13-11-6-3-2-4-7-12(11)15-10-16-13/h10H,2-7,9H2,1H3. The van der Waals surface area contributed by atoms with Gasteiger partial charge in [-0.25, -0.2) is 9.97 Å². The first-order chi connectivity index (χ1) is 8.33. The summed E-state index contributed by atoms with van der Waals surface area (Å²) in [6.45, 7) is 0.736. The van der Waals surface area contributed by atoms with Crippen LogP contribution >= 0.6 is 0 Å².